The van der Waals surface area contributed by atoms with E-state index in [0.717, 1.165) is 23.1 Å². The van der Waals surface area contributed by atoms with E-state index >= 15 is 0 Å². The normalized spacial score (nSPS) is 10.2. The Morgan fingerprint density at radius 3 is 2.32 bits per heavy atom. The highest BCUT2D eigenvalue weighted by Crippen LogP contribution is 2.10. The first kappa shape index (κ1) is 15.5. The lowest BCUT2D eigenvalue weighted by atomic mass is 10.0. The Hall–Kier alpha value is -2.89. The minimum atomic E-state index is -0.972. The van der Waals surface area contributed by atoms with Crippen LogP contribution in [-0.4, -0.2) is 22.1 Å². The molecule has 1 heterocycles. The van der Waals surface area contributed by atoms with Crippen LogP contribution in [0.15, 0.2) is 42.7 Å². The fourth-order valence-corrected chi connectivity index (χ4v) is 2.04. The van der Waals surface area contributed by atoms with Gasteiger partial charge in [-0.25, -0.2) is 9.59 Å². The highest BCUT2D eigenvalue weighted by Gasteiger charge is 2.04. The van der Waals surface area contributed by atoms with Crippen molar-refractivity contribution >= 4 is 12.0 Å². The number of carbonyl (C=O) groups excluding carboxylic acids is 1. The number of carbonyl (C=O) groups is 2. The molecule has 4 N–H and O–H groups in total. The number of primary amides is 1. The highest BCUT2D eigenvalue weighted by molar-refractivity contribution is 5.87. The van der Waals surface area contributed by atoms with Crippen molar-refractivity contribution in [2.45, 2.75) is 19.4 Å². The molecule has 2 aromatic rings. The minimum absolute atomic E-state index is 0.199. The third-order valence-corrected chi connectivity index (χ3v) is 3.23. The summed E-state index contributed by atoms with van der Waals surface area (Å²) in [6.45, 7) is 0.403. The fraction of sp³-hybridized carbons (Fsp3) is 0.188. The lowest BCUT2D eigenvalue weighted by Crippen LogP contribution is -2.28. The van der Waals surface area contributed by atoms with E-state index in [1.165, 1.54) is 6.20 Å². The number of hydrogen-bond acceptors (Lipinski definition) is 3. The molecule has 0 saturated carbocycles. The Morgan fingerprint density at radius 1 is 1.05 bits per heavy atom. The molecule has 6 nitrogen and oxygen atoms in total. The molecule has 0 saturated heterocycles. The van der Waals surface area contributed by atoms with Gasteiger partial charge in [0.15, 0.2) is 0 Å². The summed E-state index contributed by atoms with van der Waals surface area (Å²) in [5.74, 6) is -0.972. The molecule has 0 radical (unpaired) electrons. The Bertz CT molecular complexity index is 669. The van der Waals surface area contributed by atoms with Gasteiger partial charge in [0.05, 0.1) is 5.56 Å². The van der Waals surface area contributed by atoms with Crippen molar-refractivity contribution in [3.63, 3.8) is 0 Å². The quantitative estimate of drug-likeness (QED) is 0.755. The molecule has 0 fully saturated rings. The summed E-state index contributed by atoms with van der Waals surface area (Å²) in [4.78, 5) is 25.5. The highest BCUT2D eigenvalue weighted by atomic mass is 16.4. The van der Waals surface area contributed by atoms with Crippen LogP contribution in [-0.2, 0) is 19.4 Å². The zero-order valence-corrected chi connectivity index (χ0v) is 12.0. The van der Waals surface area contributed by atoms with Gasteiger partial charge in [0.25, 0.3) is 0 Å². The predicted molar refractivity (Wildman–Crippen MR) is 81.5 cm³/mol. The number of carboxylic acids is 1. The average molecular weight is 299 g/mol. The van der Waals surface area contributed by atoms with Crippen LogP contribution >= 0.6 is 0 Å². The number of carboxylic acid groups (broad SMARTS) is 1. The average Bonchev–Trinajstić information content (AvgIpc) is 2.52. The number of benzene rings is 1. The Balaban J connectivity index is 1.92. The van der Waals surface area contributed by atoms with Crippen LogP contribution in [0.2, 0.25) is 0 Å². The van der Waals surface area contributed by atoms with Gasteiger partial charge in [-0.1, -0.05) is 24.3 Å². The van der Waals surface area contributed by atoms with Crippen LogP contribution in [0.1, 0.15) is 27.0 Å². The molecule has 22 heavy (non-hydrogen) atoms. The molecule has 6 heteroatoms. The molecule has 0 aliphatic rings. The number of aromatic nitrogens is 1. The van der Waals surface area contributed by atoms with Crippen molar-refractivity contribution in [1.29, 1.82) is 0 Å². The van der Waals surface area contributed by atoms with Gasteiger partial charge in [-0.2, -0.15) is 0 Å². The van der Waals surface area contributed by atoms with Gasteiger partial charge < -0.3 is 16.2 Å². The van der Waals surface area contributed by atoms with E-state index in [-0.39, 0.29) is 5.56 Å². The smallest absolute Gasteiger partial charge is 0.337 e. The van der Waals surface area contributed by atoms with Crippen LogP contribution in [0, 0.1) is 0 Å². The minimum Gasteiger partial charge on any atom is -0.478 e. The Morgan fingerprint density at radius 2 is 1.68 bits per heavy atom. The number of hydrogen-bond donors (Lipinski definition) is 3. The van der Waals surface area contributed by atoms with Crippen molar-refractivity contribution in [1.82, 2.24) is 10.3 Å². The van der Waals surface area contributed by atoms with Gasteiger partial charge in [-0.3, -0.25) is 4.98 Å². The maximum Gasteiger partial charge on any atom is 0.337 e. The van der Waals surface area contributed by atoms with Crippen molar-refractivity contribution in [3.8, 4) is 0 Å². The van der Waals surface area contributed by atoms with E-state index in [0.29, 0.717) is 13.0 Å². The maximum atomic E-state index is 10.9. The largest absolute Gasteiger partial charge is 0.478 e. The lowest BCUT2D eigenvalue weighted by Gasteiger charge is -2.05. The summed E-state index contributed by atoms with van der Waals surface area (Å²) < 4.78 is 0. The second kappa shape index (κ2) is 7.21. The van der Waals surface area contributed by atoms with Crippen molar-refractivity contribution in [3.05, 3.63) is 65.0 Å². The summed E-state index contributed by atoms with van der Waals surface area (Å²) in [6.07, 6.45) is 4.52. The molecule has 0 atom stereocenters. The Kier molecular flexibility index (Phi) is 5.08. The number of nitrogens with one attached hydrogen (secondary N) is 1. The monoisotopic (exact) mass is 299 g/mol. The molecule has 0 aliphatic carbocycles. The van der Waals surface area contributed by atoms with E-state index in [1.54, 1.807) is 12.3 Å². The molecular weight excluding hydrogens is 282 g/mol. The molecule has 114 valence electrons. The summed E-state index contributed by atoms with van der Waals surface area (Å²) in [5.41, 5.74) is 8.20. The maximum absolute atomic E-state index is 10.9. The van der Waals surface area contributed by atoms with Crippen molar-refractivity contribution < 1.29 is 14.7 Å². The van der Waals surface area contributed by atoms with Crippen LogP contribution < -0.4 is 11.1 Å². The van der Waals surface area contributed by atoms with Gasteiger partial charge in [0, 0.05) is 18.9 Å². The van der Waals surface area contributed by atoms with E-state index in [2.05, 4.69) is 10.3 Å². The second-order valence-electron chi connectivity index (χ2n) is 4.92. The third kappa shape index (κ3) is 4.59. The second-order valence-corrected chi connectivity index (χ2v) is 4.92. The number of pyridine rings is 1. The molecular formula is C16H17N3O3. The molecule has 0 unspecified atom stereocenters. The van der Waals surface area contributed by atoms with Gasteiger partial charge in [-0.15, -0.1) is 0 Å². The third-order valence-electron chi connectivity index (χ3n) is 3.23. The summed E-state index contributed by atoms with van der Waals surface area (Å²) >= 11 is 0. The number of rotatable bonds is 6. The van der Waals surface area contributed by atoms with Crippen LogP contribution in [0.4, 0.5) is 4.79 Å². The summed E-state index contributed by atoms with van der Waals surface area (Å²) in [5, 5.41) is 11.5. The van der Waals surface area contributed by atoms with Gasteiger partial charge in [0.2, 0.25) is 0 Å². The molecule has 2 amide bonds. The number of nitrogens with two attached hydrogens (primary N) is 1. The zero-order valence-electron chi connectivity index (χ0n) is 12.0. The molecule has 0 bridgehead atoms. The fourth-order valence-electron chi connectivity index (χ4n) is 2.04. The van der Waals surface area contributed by atoms with E-state index in [9.17, 15) is 9.59 Å². The van der Waals surface area contributed by atoms with Gasteiger partial charge in [-0.05, 0) is 35.6 Å². The van der Waals surface area contributed by atoms with Crippen LogP contribution in [0.5, 0.6) is 0 Å². The summed E-state index contributed by atoms with van der Waals surface area (Å²) in [6, 6.07) is 8.91. The molecule has 1 aromatic carbocycles. The van der Waals surface area contributed by atoms with E-state index < -0.39 is 12.0 Å². The van der Waals surface area contributed by atoms with E-state index in [1.807, 2.05) is 24.3 Å². The predicted octanol–water partition coefficient (Wildman–Crippen LogP) is 1.73. The van der Waals surface area contributed by atoms with Crippen molar-refractivity contribution in [2.75, 3.05) is 0 Å². The number of aromatic carboxylic acids is 1. The molecule has 0 spiro atoms. The summed E-state index contributed by atoms with van der Waals surface area (Å²) in [7, 11) is 0. The Labute approximate surface area is 128 Å². The number of aryl methyl sites for hydroxylation is 2. The first-order valence-electron chi connectivity index (χ1n) is 6.83. The number of nitrogens with zero attached hydrogens (tertiary/aromatic N) is 1. The first-order chi connectivity index (χ1) is 10.5. The molecule has 0 aliphatic heterocycles. The number of amides is 2. The topological polar surface area (TPSA) is 105 Å². The molecule has 1 aromatic heterocycles. The standard InChI is InChI=1S/C16H17N3O3/c17-16(22)19-9-12-4-1-11(2-5-12)3-6-13-7-14(15(20)21)10-18-8-13/h1-2,4-5,7-8,10H,3,6,9H2,(H,20,21)(H3,17,19,22). The first-order valence-corrected chi connectivity index (χ1v) is 6.83. The van der Waals surface area contributed by atoms with Crippen LogP contribution in [0.25, 0.3) is 0 Å². The molecule has 2 rings (SSSR count). The number of urea groups is 1. The van der Waals surface area contributed by atoms with Crippen molar-refractivity contribution in [2.24, 2.45) is 5.73 Å². The lowest BCUT2D eigenvalue weighted by molar-refractivity contribution is 0.0696. The SMILES string of the molecule is NC(=O)NCc1ccc(CCc2cncc(C(=O)O)c2)cc1. The zero-order chi connectivity index (χ0) is 15.9. The van der Waals surface area contributed by atoms with Gasteiger partial charge >= 0.3 is 12.0 Å². The van der Waals surface area contributed by atoms with Gasteiger partial charge in [0.1, 0.15) is 0 Å². The van der Waals surface area contributed by atoms with E-state index in [4.69, 9.17) is 10.8 Å². The van der Waals surface area contributed by atoms with Crippen LogP contribution in [0.3, 0.4) is 0 Å².